The van der Waals surface area contributed by atoms with Crippen LogP contribution >= 0.6 is 0 Å². The van der Waals surface area contributed by atoms with Gasteiger partial charge in [-0.2, -0.15) is 23.3 Å². The Balaban J connectivity index is 1.70. The summed E-state index contributed by atoms with van der Waals surface area (Å²) in [4.78, 5) is 7.42. The predicted molar refractivity (Wildman–Crippen MR) is 68.4 cm³/mol. The summed E-state index contributed by atoms with van der Waals surface area (Å²) >= 11 is 0. The molecule has 0 aliphatic carbocycles. The Morgan fingerprint density at radius 3 is 2.68 bits per heavy atom. The normalized spacial score (nSPS) is 11.6. The van der Waals surface area contributed by atoms with Gasteiger partial charge in [0.25, 0.3) is 0 Å². The first-order chi connectivity index (χ1) is 10.5. The van der Waals surface area contributed by atoms with Crippen LogP contribution in [-0.4, -0.2) is 25.3 Å². The molecule has 22 heavy (non-hydrogen) atoms. The number of pyridine rings is 1. The van der Waals surface area contributed by atoms with Crippen LogP contribution in [0.4, 0.5) is 19.0 Å². The van der Waals surface area contributed by atoms with E-state index in [1.165, 1.54) is 6.20 Å². The molecule has 10 heteroatoms. The molecule has 3 aromatic heterocycles. The van der Waals surface area contributed by atoms with Gasteiger partial charge in [0.1, 0.15) is 5.82 Å². The third kappa shape index (κ3) is 3.05. The molecule has 0 amide bonds. The maximum Gasteiger partial charge on any atom is 0.471 e. The molecule has 7 nitrogen and oxygen atoms in total. The van der Waals surface area contributed by atoms with Gasteiger partial charge in [-0.25, -0.2) is 0 Å². The molecule has 3 aromatic rings. The fourth-order valence-electron chi connectivity index (χ4n) is 1.66. The average molecular weight is 310 g/mol. The van der Waals surface area contributed by atoms with Gasteiger partial charge < -0.3 is 9.84 Å². The van der Waals surface area contributed by atoms with Crippen LogP contribution in [0.5, 0.6) is 0 Å². The molecule has 0 saturated heterocycles. The first-order valence-electron chi connectivity index (χ1n) is 6.12. The van der Waals surface area contributed by atoms with Crippen molar-refractivity contribution in [3.63, 3.8) is 0 Å². The molecule has 0 aliphatic heterocycles. The number of aromatic nitrogens is 5. The van der Waals surface area contributed by atoms with Crippen LogP contribution < -0.4 is 5.32 Å². The molecule has 0 radical (unpaired) electrons. The van der Waals surface area contributed by atoms with E-state index in [0.29, 0.717) is 17.8 Å². The summed E-state index contributed by atoms with van der Waals surface area (Å²) in [6.45, 7) is 0.433. The van der Waals surface area contributed by atoms with E-state index < -0.39 is 12.1 Å². The maximum absolute atomic E-state index is 12.4. The molecule has 3 heterocycles. The number of rotatable bonds is 4. The van der Waals surface area contributed by atoms with E-state index in [1.54, 1.807) is 24.4 Å². The van der Waals surface area contributed by atoms with Crippen LogP contribution in [0.25, 0.3) is 11.4 Å². The van der Waals surface area contributed by atoms with E-state index in [-0.39, 0.29) is 5.82 Å². The zero-order chi connectivity index (χ0) is 15.6. The molecule has 0 spiro atoms. The summed E-state index contributed by atoms with van der Waals surface area (Å²) in [7, 11) is 0. The van der Waals surface area contributed by atoms with Crippen molar-refractivity contribution in [3.05, 3.63) is 42.2 Å². The molecule has 114 valence electrons. The largest absolute Gasteiger partial charge is 0.471 e. The minimum atomic E-state index is -4.66. The van der Waals surface area contributed by atoms with Crippen LogP contribution in [0.2, 0.25) is 0 Å². The number of H-pyrrole nitrogens is 1. The van der Waals surface area contributed by atoms with Gasteiger partial charge in [0, 0.05) is 11.8 Å². The van der Waals surface area contributed by atoms with E-state index in [0.717, 1.165) is 5.82 Å². The number of anilines is 1. The zero-order valence-electron chi connectivity index (χ0n) is 10.9. The van der Waals surface area contributed by atoms with Crippen molar-refractivity contribution in [1.82, 2.24) is 25.3 Å². The SMILES string of the molecule is FC(F)(F)c1nc(-c2ccc(CNc3ccn[nH]3)nc2)no1. The predicted octanol–water partition coefficient (Wildman–Crippen LogP) is 2.49. The Morgan fingerprint density at radius 2 is 2.09 bits per heavy atom. The fraction of sp³-hybridized carbons (Fsp3) is 0.167. The highest BCUT2D eigenvalue weighted by atomic mass is 19.4. The number of halogens is 3. The Labute approximate surface area is 121 Å². The molecule has 2 N–H and O–H groups in total. The number of nitrogens with zero attached hydrogens (tertiary/aromatic N) is 4. The number of hydrogen-bond donors (Lipinski definition) is 2. The second-order valence-corrected chi connectivity index (χ2v) is 4.28. The average Bonchev–Trinajstić information content (AvgIpc) is 3.16. The van der Waals surface area contributed by atoms with Gasteiger partial charge in [-0.3, -0.25) is 10.1 Å². The van der Waals surface area contributed by atoms with E-state index >= 15 is 0 Å². The second kappa shape index (κ2) is 5.47. The zero-order valence-corrected chi connectivity index (χ0v) is 10.9. The fourth-order valence-corrected chi connectivity index (χ4v) is 1.66. The molecular formula is C12H9F3N6O. The lowest BCUT2D eigenvalue weighted by Gasteiger charge is -2.03. The lowest BCUT2D eigenvalue weighted by molar-refractivity contribution is -0.159. The molecule has 0 bridgehead atoms. The molecule has 0 saturated carbocycles. The second-order valence-electron chi connectivity index (χ2n) is 4.28. The van der Waals surface area contributed by atoms with Crippen molar-refractivity contribution < 1.29 is 17.7 Å². The Morgan fingerprint density at radius 1 is 1.23 bits per heavy atom. The van der Waals surface area contributed by atoms with Crippen LogP contribution in [0, 0.1) is 0 Å². The topological polar surface area (TPSA) is 92.5 Å². The van der Waals surface area contributed by atoms with Crippen LogP contribution in [0.1, 0.15) is 11.6 Å². The van der Waals surface area contributed by atoms with Gasteiger partial charge in [-0.1, -0.05) is 5.16 Å². The minimum Gasteiger partial charge on any atom is -0.365 e. The molecule has 0 unspecified atom stereocenters. The smallest absolute Gasteiger partial charge is 0.365 e. The van der Waals surface area contributed by atoms with E-state index in [4.69, 9.17) is 0 Å². The number of nitrogens with one attached hydrogen (secondary N) is 2. The highest BCUT2D eigenvalue weighted by molar-refractivity contribution is 5.52. The molecule has 0 aromatic carbocycles. The number of aromatic amines is 1. The standard InChI is InChI=1S/C12H9F3N6O/c13-12(14,15)11-19-10(21-22-11)7-1-2-8(16-5-7)6-17-9-3-4-18-20-9/h1-5H,6H2,(H2,17,18,20). The molecule has 0 aliphatic rings. The lowest BCUT2D eigenvalue weighted by Crippen LogP contribution is -2.05. The highest BCUT2D eigenvalue weighted by Gasteiger charge is 2.38. The summed E-state index contributed by atoms with van der Waals surface area (Å²) in [5, 5.41) is 12.9. The van der Waals surface area contributed by atoms with Crippen molar-refractivity contribution in [2.45, 2.75) is 12.7 Å². The van der Waals surface area contributed by atoms with Crippen molar-refractivity contribution in [3.8, 4) is 11.4 Å². The highest BCUT2D eigenvalue weighted by Crippen LogP contribution is 2.29. The van der Waals surface area contributed by atoms with Crippen molar-refractivity contribution in [1.29, 1.82) is 0 Å². The van der Waals surface area contributed by atoms with Crippen molar-refractivity contribution in [2.24, 2.45) is 0 Å². The quantitative estimate of drug-likeness (QED) is 0.769. The van der Waals surface area contributed by atoms with Gasteiger partial charge >= 0.3 is 12.1 Å². The first kappa shape index (κ1) is 14.0. The monoisotopic (exact) mass is 310 g/mol. The van der Waals surface area contributed by atoms with Gasteiger partial charge in [0.2, 0.25) is 5.82 Å². The molecule has 3 rings (SSSR count). The van der Waals surface area contributed by atoms with Crippen molar-refractivity contribution >= 4 is 5.82 Å². The Bertz CT molecular complexity index is 735. The van der Waals surface area contributed by atoms with Crippen molar-refractivity contribution in [2.75, 3.05) is 5.32 Å². The first-order valence-corrected chi connectivity index (χ1v) is 6.12. The molecule has 0 atom stereocenters. The molecule has 0 fully saturated rings. The summed E-state index contributed by atoms with van der Waals surface area (Å²) in [5.74, 6) is -0.806. The van der Waals surface area contributed by atoms with E-state index in [1.807, 2.05) is 0 Å². The molecular weight excluding hydrogens is 301 g/mol. The van der Waals surface area contributed by atoms with Crippen LogP contribution in [-0.2, 0) is 12.7 Å². The summed E-state index contributed by atoms with van der Waals surface area (Å²) < 4.78 is 41.3. The van der Waals surface area contributed by atoms with Crippen LogP contribution in [0.3, 0.4) is 0 Å². The summed E-state index contributed by atoms with van der Waals surface area (Å²) in [5.41, 5.74) is 1.03. The van der Waals surface area contributed by atoms with Gasteiger partial charge in [-0.15, -0.1) is 0 Å². The van der Waals surface area contributed by atoms with Gasteiger partial charge in [0.15, 0.2) is 0 Å². The lowest BCUT2D eigenvalue weighted by atomic mass is 10.2. The summed E-state index contributed by atoms with van der Waals surface area (Å²) in [6.07, 6.45) is -1.67. The Kier molecular flexibility index (Phi) is 3.49. The van der Waals surface area contributed by atoms with Gasteiger partial charge in [-0.05, 0) is 18.2 Å². The van der Waals surface area contributed by atoms with E-state index in [2.05, 4.69) is 35.2 Å². The van der Waals surface area contributed by atoms with E-state index in [9.17, 15) is 13.2 Å². The number of alkyl halides is 3. The van der Waals surface area contributed by atoms with Crippen LogP contribution in [0.15, 0.2) is 35.1 Å². The third-order valence-corrected chi connectivity index (χ3v) is 2.71. The minimum absolute atomic E-state index is 0.159. The number of hydrogen-bond acceptors (Lipinski definition) is 6. The third-order valence-electron chi connectivity index (χ3n) is 2.71. The maximum atomic E-state index is 12.4. The summed E-state index contributed by atoms with van der Waals surface area (Å²) in [6, 6.07) is 4.98. The van der Waals surface area contributed by atoms with Gasteiger partial charge in [0.05, 0.1) is 18.4 Å². The Hall–Kier alpha value is -2.91.